The van der Waals surface area contributed by atoms with Crippen LogP contribution in [0.2, 0.25) is 0 Å². The van der Waals surface area contributed by atoms with Crippen molar-refractivity contribution in [3.63, 3.8) is 0 Å². The van der Waals surface area contributed by atoms with Crippen molar-refractivity contribution < 1.29 is 9.00 Å². The molecule has 2 aromatic carbocycles. The fourth-order valence-electron chi connectivity index (χ4n) is 4.32. The molecule has 5 nitrogen and oxygen atoms in total. The van der Waals surface area contributed by atoms with E-state index in [1.807, 2.05) is 44.1 Å². The normalized spacial score (nSPS) is 17.7. The van der Waals surface area contributed by atoms with Gasteiger partial charge in [-0.15, -0.1) is 0 Å². The monoisotopic (exact) mass is 455 g/mol. The SMILES string of the molecule is CSNc1ccc2c(c1)C1(CC=CC1)CN2C(=O)c1cccc(S(=O)NC(C)(C)C)c1. The summed E-state index contributed by atoms with van der Waals surface area (Å²) >= 11 is 1.56. The molecule has 2 N–H and O–H groups in total. The van der Waals surface area contributed by atoms with E-state index in [2.05, 4.69) is 27.7 Å². The summed E-state index contributed by atoms with van der Waals surface area (Å²) in [6.45, 7) is 6.56. The van der Waals surface area contributed by atoms with Gasteiger partial charge in [-0.1, -0.05) is 30.2 Å². The molecule has 2 aromatic rings. The third kappa shape index (κ3) is 4.45. The fraction of sp³-hybridized carbons (Fsp3) is 0.375. The first-order valence-corrected chi connectivity index (χ1v) is 12.8. The van der Waals surface area contributed by atoms with Gasteiger partial charge in [-0.25, -0.2) is 8.93 Å². The summed E-state index contributed by atoms with van der Waals surface area (Å²) < 4.78 is 19.1. The highest BCUT2D eigenvalue weighted by Crippen LogP contribution is 2.49. The highest BCUT2D eigenvalue weighted by molar-refractivity contribution is 7.99. The summed E-state index contributed by atoms with van der Waals surface area (Å²) in [5, 5.41) is 0. The number of hydrogen-bond acceptors (Lipinski definition) is 4. The van der Waals surface area contributed by atoms with E-state index >= 15 is 0 Å². The molecular weight excluding hydrogens is 426 g/mol. The highest BCUT2D eigenvalue weighted by atomic mass is 32.2. The van der Waals surface area contributed by atoms with E-state index in [4.69, 9.17) is 0 Å². The van der Waals surface area contributed by atoms with Crippen molar-refractivity contribution in [2.24, 2.45) is 0 Å². The summed E-state index contributed by atoms with van der Waals surface area (Å²) in [6.07, 6.45) is 8.31. The Bertz CT molecular complexity index is 1050. The lowest BCUT2D eigenvalue weighted by Crippen LogP contribution is -2.37. The van der Waals surface area contributed by atoms with Crippen molar-refractivity contribution in [1.29, 1.82) is 0 Å². The second-order valence-electron chi connectivity index (χ2n) is 9.24. The molecule has 0 saturated heterocycles. The molecule has 4 rings (SSSR count). The number of carbonyl (C=O) groups is 1. The molecule has 31 heavy (non-hydrogen) atoms. The third-order valence-electron chi connectivity index (χ3n) is 5.66. The van der Waals surface area contributed by atoms with Crippen molar-refractivity contribution in [2.45, 2.75) is 49.5 Å². The van der Waals surface area contributed by atoms with Crippen LogP contribution >= 0.6 is 11.9 Å². The number of allylic oxidation sites excluding steroid dienone is 2. The Balaban J connectivity index is 1.66. The van der Waals surface area contributed by atoms with Crippen LogP contribution in [0.1, 0.15) is 49.5 Å². The van der Waals surface area contributed by atoms with E-state index in [1.54, 1.807) is 36.2 Å². The van der Waals surface area contributed by atoms with Crippen LogP contribution in [-0.4, -0.2) is 28.5 Å². The van der Waals surface area contributed by atoms with Crippen molar-refractivity contribution in [1.82, 2.24) is 4.72 Å². The molecule has 1 heterocycles. The number of benzene rings is 2. The van der Waals surface area contributed by atoms with Crippen molar-refractivity contribution in [2.75, 3.05) is 22.4 Å². The van der Waals surface area contributed by atoms with Gasteiger partial charge in [-0.05, 0) is 75.6 Å². The largest absolute Gasteiger partial charge is 0.330 e. The molecule has 7 heteroatoms. The Labute approximate surface area is 191 Å². The van der Waals surface area contributed by atoms with Gasteiger partial charge >= 0.3 is 0 Å². The first-order valence-electron chi connectivity index (χ1n) is 10.4. The zero-order chi connectivity index (χ0) is 22.2. The summed E-state index contributed by atoms with van der Waals surface area (Å²) in [7, 11) is -1.38. The second kappa shape index (κ2) is 8.45. The Hall–Kier alpha value is -2.09. The Kier molecular flexibility index (Phi) is 6.03. The summed E-state index contributed by atoms with van der Waals surface area (Å²) in [6, 6.07) is 13.4. The van der Waals surface area contributed by atoms with E-state index in [9.17, 15) is 9.00 Å². The fourth-order valence-corrected chi connectivity index (χ4v) is 5.79. The molecule has 1 spiro atoms. The van der Waals surface area contributed by atoms with Gasteiger partial charge in [0.15, 0.2) is 0 Å². The second-order valence-corrected chi connectivity index (χ2v) is 11.1. The van der Waals surface area contributed by atoms with Crippen LogP contribution in [0.3, 0.4) is 0 Å². The van der Waals surface area contributed by atoms with Gasteiger partial charge < -0.3 is 9.62 Å². The average molecular weight is 456 g/mol. The van der Waals surface area contributed by atoms with Crippen LogP contribution in [0.5, 0.6) is 0 Å². The first kappa shape index (κ1) is 22.1. The average Bonchev–Trinajstić information content (AvgIpc) is 3.32. The quantitative estimate of drug-likeness (QED) is 0.490. The maximum atomic E-state index is 13.6. The molecule has 2 aliphatic rings. The van der Waals surface area contributed by atoms with Crippen molar-refractivity contribution >= 4 is 40.2 Å². The van der Waals surface area contributed by atoms with E-state index in [0.29, 0.717) is 17.0 Å². The summed E-state index contributed by atoms with van der Waals surface area (Å²) in [5.41, 5.74) is 3.45. The molecule has 0 bridgehead atoms. The highest BCUT2D eigenvalue weighted by Gasteiger charge is 2.45. The first-order chi connectivity index (χ1) is 14.7. The lowest BCUT2D eigenvalue weighted by atomic mass is 9.80. The van der Waals surface area contributed by atoms with Crippen LogP contribution in [0.15, 0.2) is 59.5 Å². The smallest absolute Gasteiger partial charge is 0.258 e. The van der Waals surface area contributed by atoms with Crippen LogP contribution in [0.4, 0.5) is 11.4 Å². The number of amides is 1. The maximum absolute atomic E-state index is 13.6. The van der Waals surface area contributed by atoms with Crippen molar-refractivity contribution in [3.8, 4) is 0 Å². The number of hydrogen-bond donors (Lipinski definition) is 2. The van der Waals surface area contributed by atoms with E-state index in [0.717, 1.165) is 24.2 Å². The molecule has 1 atom stereocenters. The topological polar surface area (TPSA) is 61.4 Å². The lowest BCUT2D eigenvalue weighted by Gasteiger charge is -2.25. The lowest BCUT2D eigenvalue weighted by molar-refractivity contribution is 0.0985. The molecular formula is C24H29N3O2S2. The van der Waals surface area contributed by atoms with Gasteiger partial charge in [-0.3, -0.25) is 4.79 Å². The standard InChI is InChI=1S/C24H29N3O2S2/c1-23(2,3)26-31(29)19-9-7-8-17(14-19)22(28)27-16-24(12-5-6-13-24)20-15-18(25-30-4)10-11-21(20)27/h5-11,14-15,25-26H,12-13,16H2,1-4H3. The molecule has 1 aliphatic heterocycles. The predicted octanol–water partition coefficient (Wildman–Crippen LogP) is 5.04. The maximum Gasteiger partial charge on any atom is 0.258 e. The zero-order valence-corrected chi connectivity index (χ0v) is 20.0. The Morgan fingerprint density at radius 3 is 2.55 bits per heavy atom. The Morgan fingerprint density at radius 2 is 1.87 bits per heavy atom. The van der Waals surface area contributed by atoms with Crippen LogP contribution in [0.25, 0.3) is 0 Å². The minimum Gasteiger partial charge on any atom is -0.330 e. The molecule has 0 radical (unpaired) electrons. The summed E-state index contributed by atoms with van der Waals surface area (Å²) in [5.74, 6) is -0.0507. The number of carbonyl (C=O) groups excluding carboxylic acids is 1. The molecule has 1 aliphatic carbocycles. The minimum atomic E-state index is -1.38. The van der Waals surface area contributed by atoms with Gasteiger partial charge in [-0.2, -0.15) is 0 Å². The molecule has 164 valence electrons. The summed E-state index contributed by atoms with van der Waals surface area (Å²) in [4.78, 5) is 16.1. The molecule has 0 fully saturated rings. The molecule has 1 amide bonds. The minimum absolute atomic E-state index is 0.0507. The number of anilines is 2. The van der Waals surface area contributed by atoms with Gasteiger partial charge in [0.05, 0.1) is 4.90 Å². The zero-order valence-electron chi connectivity index (χ0n) is 18.4. The van der Waals surface area contributed by atoms with E-state index in [1.165, 1.54) is 5.56 Å². The number of nitrogens with zero attached hydrogens (tertiary/aromatic N) is 1. The van der Waals surface area contributed by atoms with E-state index < -0.39 is 11.0 Å². The van der Waals surface area contributed by atoms with E-state index in [-0.39, 0.29) is 16.9 Å². The number of fused-ring (bicyclic) bond motifs is 2. The number of nitrogens with one attached hydrogen (secondary N) is 2. The van der Waals surface area contributed by atoms with Gasteiger partial charge in [0.2, 0.25) is 0 Å². The Morgan fingerprint density at radius 1 is 1.13 bits per heavy atom. The van der Waals surface area contributed by atoms with Gasteiger partial charge in [0.1, 0.15) is 11.0 Å². The third-order valence-corrected chi connectivity index (χ3v) is 7.58. The van der Waals surface area contributed by atoms with Gasteiger partial charge in [0, 0.05) is 40.7 Å². The predicted molar refractivity (Wildman–Crippen MR) is 131 cm³/mol. The number of rotatable bonds is 5. The molecule has 0 aromatic heterocycles. The van der Waals surface area contributed by atoms with Crippen LogP contribution < -0.4 is 14.3 Å². The van der Waals surface area contributed by atoms with Crippen LogP contribution in [-0.2, 0) is 16.4 Å². The molecule has 0 saturated carbocycles. The van der Waals surface area contributed by atoms with Crippen LogP contribution in [0, 0.1) is 0 Å². The van der Waals surface area contributed by atoms with Gasteiger partial charge in [0.25, 0.3) is 5.91 Å². The molecule has 1 unspecified atom stereocenters. The van der Waals surface area contributed by atoms with Crippen molar-refractivity contribution in [3.05, 3.63) is 65.7 Å².